The van der Waals surface area contributed by atoms with Crippen molar-refractivity contribution in [3.05, 3.63) is 47.5 Å². The molecule has 1 heterocycles. The summed E-state index contributed by atoms with van der Waals surface area (Å²) in [5.74, 6) is 0. The second-order valence-electron chi connectivity index (χ2n) is 8.11. The van der Waals surface area contributed by atoms with Crippen molar-refractivity contribution < 1.29 is 0 Å². The van der Waals surface area contributed by atoms with E-state index in [4.69, 9.17) is 0 Å². The highest BCUT2D eigenvalue weighted by molar-refractivity contribution is 6.07. The lowest BCUT2D eigenvalue weighted by Crippen LogP contribution is -2.21. The van der Waals surface area contributed by atoms with Crippen molar-refractivity contribution in [2.75, 3.05) is 0 Å². The molecule has 1 N–H and O–H groups in total. The van der Waals surface area contributed by atoms with Gasteiger partial charge in [0, 0.05) is 21.8 Å². The summed E-state index contributed by atoms with van der Waals surface area (Å²) in [5.41, 5.74) is 5.65. The minimum atomic E-state index is 0. The smallest absolute Gasteiger partial charge is 0.0468 e. The number of benzene rings is 2. The number of para-hydroxylation sites is 1. The quantitative estimate of drug-likeness (QED) is 0.484. The van der Waals surface area contributed by atoms with E-state index in [1.807, 2.05) is 0 Å². The van der Waals surface area contributed by atoms with Crippen molar-refractivity contribution in [3.8, 4) is 0 Å². The Kier molecular flexibility index (Phi) is 3.89. The molecule has 0 saturated carbocycles. The molecule has 0 aliphatic carbocycles. The van der Waals surface area contributed by atoms with Gasteiger partial charge >= 0.3 is 0 Å². The third kappa shape index (κ3) is 2.65. The summed E-state index contributed by atoms with van der Waals surface area (Å²) in [4.78, 5) is 3.57. The Labute approximate surface area is 134 Å². The van der Waals surface area contributed by atoms with Crippen LogP contribution in [0.4, 0.5) is 0 Å². The van der Waals surface area contributed by atoms with Crippen LogP contribution in [-0.4, -0.2) is 4.98 Å². The van der Waals surface area contributed by atoms with E-state index < -0.39 is 0 Å². The van der Waals surface area contributed by atoms with Gasteiger partial charge < -0.3 is 4.98 Å². The number of aromatic nitrogens is 1. The van der Waals surface area contributed by atoms with E-state index in [9.17, 15) is 0 Å². The van der Waals surface area contributed by atoms with Gasteiger partial charge in [0.15, 0.2) is 0 Å². The number of rotatable bonds is 0. The summed E-state index contributed by atoms with van der Waals surface area (Å²) >= 11 is 0. The molecule has 1 nitrogen and oxygen atoms in total. The van der Waals surface area contributed by atoms with Crippen LogP contribution in [0.2, 0.25) is 0 Å². The van der Waals surface area contributed by atoms with Crippen molar-refractivity contribution in [1.29, 1.82) is 0 Å². The molecule has 0 saturated heterocycles. The monoisotopic (exact) mass is 295 g/mol. The van der Waals surface area contributed by atoms with Gasteiger partial charge in [0.1, 0.15) is 0 Å². The zero-order valence-electron chi connectivity index (χ0n) is 14.0. The van der Waals surface area contributed by atoms with Gasteiger partial charge in [-0.3, -0.25) is 0 Å². The van der Waals surface area contributed by atoms with E-state index in [0.29, 0.717) is 0 Å². The number of H-pyrrole nitrogens is 1. The van der Waals surface area contributed by atoms with Gasteiger partial charge in [0.25, 0.3) is 0 Å². The lowest BCUT2D eigenvalue weighted by molar-refractivity contribution is 0.531. The number of hydrogen-bond donors (Lipinski definition) is 1. The van der Waals surface area contributed by atoms with Crippen LogP contribution in [0.3, 0.4) is 0 Å². The molecular formula is C21H29N. The van der Waals surface area contributed by atoms with E-state index in [-0.39, 0.29) is 18.3 Å². The van der Waals surface area contributed by atoms with E-state index in [0.717, 1.165) is 0 Å². The van der Waals surface area contributed by atoms with Crippen molar-refractivity contribution in [3.63, 3.8) is 0 Å². The fourth-order valence-corrected chi connectivity index (χ4v) is 3.14. The Morgan fingerprint density at radius 2 is 1.23 bits per heavy atom. The molecule has 0 spiro atoms. The van der Waals surface area contributed by atoms with Gasteiger partial charge in [0.05, 0.1) is 0 Å². The summed E-state index contributed by atoms with van der Waals surface area (Å²) < 4.78 is 0. The highest BCUT2D eigenvalue weighted by atomic mass is 14.7. The van der Waals surface area contributed by atoms with Gasteiger partial charge in [0.2, 0.25) is 0 Å². The van der Waals surface area contributed by atoms with E-state index in [1.165, 1.54) is 32.9 Å². The molecule has 1 heteroatoms. The first-order valence-electron chi connectivity index (χ1n) is 7.73. The molecule has 118 valence electrons. The van der Waals surface area contributed by atoms with Crippen LogP contribution in [0.15, 0.2) is 36.4 Å². The van der Waals surface area contributed by atoms with Crippen LogP contribution in [0.5, 0.6) is 0 Å². The SMILES string of the molecule is C.CC(C)(C)c1cc2[nH]c3ccccc3c2cc1C(C)(C)C. The summed E-state index contributed by atoms with van der Waals surface area (Å²) in [6, 6.07) is 13.3. The summed E-state index contributed by atoms with van der Waals surface area (Å²) in [7, 11) is 0. The largest absolute Gasteiger partial charge is 0.355 e. The third-order valence-corrected chi connectivity index (χ3v) is 4.26. The normalized spacial score (nSPS) is 12.6. The predicted molar refractivity (Wildman–Crippen MR) is 99.9 cm³/mol. The molecule has 0 radical (unpaired) electrons. The minimum Gasteiger partial charge on any atom is -0.355 e. The first-order valence-corrected chi connectivity index (χ1v) is 7.73. The molecule has 2 aromatic carbocycles. The van der Waals surface area contributed by atoms with E-state index >= 15 is 0 Å². The first-order chi connectivity index (χ1) is 9.68. The Morgan fingerprint density at radius 3 is 1.82 bits per heavy atom. The molecule has 0 unspecified atom stereocenters. The van der Waals surface area contributed by atoms with Crippen molar-refractivity contribution >= 4 is 21.8 Å². The Balaban J connectivity index is 0.00000176. The van der Waals surface area contributed by atoms with Gasteiger partial charge in [-0.1, -0.05) is 67.2 Å². The fourth-order valence-electron chi connectivity index (χ4n) is 3.14. The minimum absolute atomic E-state index is 0. The second kappa shape index (κ2) is 5.15. The van der Waals surface area contributed by atoms with E-state index in [2.05, 4.69) is 82.9 Å². The lowest BCUT2D eigenvalue weighted by Gasteiger charge is -2.30. The molecule has 3 aromatic rings. The first kappa shape index (κ1) is 16.6. The summed E-state index contributed by atoms with van der Waals surface area (Å²) in [6.45, 7) is 13.8. The van der Waals surface area contributed by atoms with Gasteiger partial charge in [-0.15, -0.1) is 0 Å². The fraction of sp³-hybridized carbons (Fsp3) is 0.429. The number of hydrogen-bond acceptors (Lipinski definition) is 0. The van der Waals surface area contributed by atoms with Crippen LogP contribution >= 0.6 is 0 Å². The molecule has 22 heavy (non-hydrogen) atoms. The van der Waals surface area contributed by atoms with E-state index in [1.54, 1.807) is 0 Å². The topological polar surface area (TPSA) is 15.8 Å². The van der Waals surface area contributed by atoms with Crippen molar-refractivity contribution in [2.45, 2.75) is 59.8 Å². The van der Waals surface area contributed by atoms with Crippen molar-refractivity contribution in [2.24, 2.45) is 0 Å². The second-order valence-corrected chi connectivity index (χ2v) is 8.11. The number of nitrogens with one attached hydrogen (secondary N) is 1. The molecule has 0 atom stereocenters. The molecule has 0 aliphatic rings. The molecule has 0 bridgehead atoms. The molecule has 0 aliphatic heterocycles. The van der Waals surface area contributed by atoms with Crippen LogP contribution in [0, 0.1) is 0 Å². The molecule has 0 amide bonds. The van der Waals surface area contributed by atoms with Gasteiger partial charge in [-0.05, 0) is 40.2 Å². The maximum absolute atomic E-state index is 3.57. The Hall–Kier alpha value is -1.76. The highest BCUT2D eigenvalue weighted by Crippen LogP contribution is 2.38. The van der Waals surface area contributed by atoms with Gasteiger partial charge in [-0.25, -0.2) is 0 Å². The third-order valence-electron chi connectivity index (χ3n) is 4.26. The van der Waals surface area contributed by atoms with Gasteiger partial charge in [-0.2, -0.15) is 0 Å². The maximum Gasteiger partial charge on any atom is 0.0468 e. The van der Waals surface area contributed by atoms with Crippen LogP contribution < -0.4 is 0 Å². The zero-order valence-corrected chi connectivity index (χ0v) is 14.0. The van der Waals surface area contributed by atoms with Crippen LogP contribution in [0.25, 0.3) is 21.8 Å². The van der Waals surface area contributed by atoms with Crippen LogP contribution in [0.1, 0.15) is 60.1 Å². The predicted octanol–water partition coefficient (Wildman–Crippen LogP) is 6.55. The molecule has 3 rings (SSSR count). The summed E-state index contributed by atoms with van der Waals surface area (Å²) in [6.07, 6.45) is 0. The average molecular weight is 295 g/mol. The molecular weight excluding hydrogens is 266 g/mol. The summed E-state index contributed by atoms with van der Waals surface area (Å²) in [5, 5.41) is 2.65. The average Bonchev–Trinajstić information content (AvgIpc) is 2.73. The molecule has 0 fully saturated rings. The number of aromatic amines is 1. The maximum atomic E-state index is 3.57. The lowest BCUT2D eigenvalue weighted by atomic mass is 9.75. The Bertz CT molecular complexity index is 807. The Morgan fingerprint density at radius 1 is 0.682 bits per heavy atom. The number of fused-ring (bicyclic) bond motifs is 3. The van der Waals surface area contributed by atoms with Crippen molar-refractivity contribution in [1.82, 2.24) is 4.98 Å². The standard InChI is InChI=1S/C20H25N.CH4/c1-19(2,3)15-11-14-13-9-7-8-10-17(13)21-18(14)12-16(15)20(4,5)6;/h7-12,21H,1-6H3;1H4. The van der Waals surface area contributed by atoms with Crippen LogP contribution in [-0.2, 0) is 10.8 Å². The molecule has 1 aromatic heterocycles. The zero-order chi connectivity index (χ0) is 15.4. The highest BCUT2D eigenvalue weighted by Gasteiger charge is 2.26.